The number of nitrogens with one attached hydrogen (secondary N) is 2. The topological polar surface area (TPSA) is 53.6 Å². The Kier molecular flexibility index (Phi) is 3.63. The van der Waals surface area contributed by atoms with Crippen LogP contribution in [0.25, 0.3) is 0 Å². The third kappa shape index (κ3) is 2.86. The van der Waals surface area contributed by atoms with Crippen LogP contribution < -0.4 is 5.32 Å². The molecule has 0 aliphatic rings. The van der Waals surface area contributed by atoms with Gasteiger partial charge >= 0.3 is 0 Å². The number of aromatic amines is 1. The third-order valence-corrected chi connectivity index (χ3v) is 2.85. The summed E-state index contributed by atoms with van der Waals surface area (Å²) in [6, 6.07) is 4.61. The molecule has 84 valence electrons. The molecule has 2 aromatic rings. The molecule has 0 fully saturated rings. The highest BCUT2D eigenvalue weighted by molar-refractivity contribution is 9.10. The summed E-state index contributed by atoms with van der Waals surface area (Å²) in [5, 5.41) is 9.62. The van der Waals surface area contributed by atoms with Crippen LogP contribution in [0.15, 0.2) is 29.0 Å². The van der Waals surface area contributed by atoms with Crippen molar-refractivity contribution < 1.29 is 4.39 Å². The van der Waals surface area contributed by atoms with E-state index in [1.165, 1.54) is 18.5 Å². The van der Waals surface area contributed by atoms with E-state index in [0.717, 1.165) is 15.9 Å². The number of H-pyrrole nitrogens is 1. The Morgan fingerprint density at radius 3 is 3.00 bits per heavy atom. The van der Waals surface area contributed by atoms with Crippen LogP contribution in [0.3, 0.4) is 0 Å². The van der Waals surface area contributed by atoms with Crippen molar-refractivity contribution in [3.8, 4) is 0 Å². The Labute approximate surface area is 100 Å². The van der Waals surface area contributed by atoms with Crippen LogP contribution in [-0.2, 0) is 13.1 Å². The molecule has 0 atom stereocenters. The number of hydrogen-bond acceptors (Lipinski definition) is 3. The fraction of sp³-hybridized carbons (Fsp3) is 0.200. The number of aromatic nitrogens is 3. The number of nitrogens with zero attached hydrogens (tertiary/aromatic N) is 2. The van der Waals surface area contributed by atoms with Gasteiger partial charge in [-0.25, -0.2) is 9.37 Å². The van der Waals surface area contributed by atoms with E-state index < -0.39 is 0 Å². The molecule has 6 heteroatoms. The lowest BCUT2D eigenvalue weighted by Gasteiger charge is -2.05. The number of benzene rings is 1. The molecule has 1 heterocycles. The summed E-state index contributed by atoms with van der Waals surface area (Å²) in [6.45, 7) is 1.14. The first-order valence-electron chi connectivity index (χ1n) is 4.74. The van der Waals surface area contributed by atoms with E-state index in [1.807, 2.05) is 0 Å². The molecule has 0 amide bonds. The average Bonchev–Trinajstić information content (AvgIpc) is 2.76. The molecule has 0 aliphatic heterocycles. The second kappa shape index (κ2) is 5.18. The number of rotatable bonds is 4. The predicted molar refractivity (Wildman–Crippen MR) is 61.0 cm³/mol. The van der Waals surface area contributed by atoms with Crippen molar-refractivity contribution in [2.75, 3.05) is 0 Å². The zero-order valence-electron chi connectivity index (χ0n) is 8.37. The molecule has 0 saturated carbocycles. The lowest BCUT2D eigenvalue weighted by Crippen LogP contribution is -2.14. The zero-order valence-corrected chi connectivity index (χ0v) is 9.96. The second-order valence-corrected chi connectivity index (χ2v) is 4.13. The molecule has 2 rings (SSSR count). The smallest absolute Gasteiger partial charge is 0.138 e. The van der Waals surface area contributed by atoms with E-state index in [9.17, 15) is 4.39 Å². The molecule has 4 nitrogen and oxygen atoms in total. The van der Waals surface area contributed by atoms with Crippen LogP contribution in [0.5, 0.6) is 0 Å². The van der Waals surface area contributed by atoms with E-state index in [-0.39, 0.29) is 5.82 Å². The van der Waals surface area contributed by atoms with Gasteiger partial charge in [0, 0.05) is 11.0 Å². The van der Waals surface area contributed by atoms with Crippen molar-refractivity contribution >= 4 is 15.9 Å². The van der Waals surface area contributed by atoms with Crippen LogP contribution in [0.1, 0.15) is 11.4 Å². The van der Waals surface area contributed by atoms with E-state index >= 15 is 0 Å². The SMILES string of the molecule is Fc1ccc(Br)c(CNCc2ncn[nH]2)c1. The first-order valence-corrected chi connectivity index (χ1v) is 5.54. The van der Waals surface area contributed by atoms with Crippen molar-refractivity contribution in [1.29, 1.82) is 0 Å². The highest BCUT2D eigenvalue weighted by atomic mass is 79.9. The first kappa shape index (κ1) is 11.2. The van der Waals surface area contributed by atoms with Crippen molar-refractivity contribution in [1.82, 2.24) is 20.5 Å². The molecule has 1 aromatic carbocycles. The summed E-state index contributed by atoms with van der Waals surface area (Å²) in [4.78, 5) is 3.97. The van der Waals surface area contributed by atoms with Crippen LogP contribution in [0, 0.1) is 5.82 Å². The Balaban J connectivity index is 1.92. The largest absolute Gasteiger partial charge is 0.306 e. The Hall–Kier alpha value is -1.27. The quantitative estimate of drug-likeness (QED) is 0.903. The van der Waals surface area contributed by atoms with Gasteiger partial charge in [0.05, 0.1) is 6.54 Å². The lowest BCUT2D eigenvalue weighted by molar-refractivity contribution is 0.616. The van der Waals surface area contributed by atoms with Gasteiger partial charge in [-0.3, -0.25) is 5.10 Å². The Morgan fingerprint density at radius 1 is 1.38 bits per heavy atom. The lowest BCUT2D eigenvalue weighted by atomic mass is 10.2. The Morgan fingerprint density at radius 2 is 2.25 bits per heavy atom. The van der Waals surface area contributed by atoms with Gasteiger partial charge in [0.1, 0.15) is 18.0 Å². The molecule has 0 spiro atoms. The second-order valence-electron chi connectivity index (χ2n) is 3.27. The average molecular weight is 285 g/mol. The summed E-state index contributed by atoms with van der Waals surface area (Å²) in [6.07, 6.45) is 1.45. The molecule has 0 unspecified atom stereocenters. The molecule has 2 N–H and O–H groups in total. The summed E-state index contributed by atoms with van der Waals surface area (Å²) in [5.41, 5.74) is 0.875. The van der Waals surface area contributed by atoms with Gasteiger partial charge in [-0.1, -0.05) is 15.9 Å². The van der Waals surface area contributed by atoms with Crippen LogP contribution in [0.2, 0.25) is 0 Å². The maximum Gasteiger partial charge on any atom is 0.138 e. The highest BCUT2D eigenvalue weighted by Crippen LogP contribution is 2.17. The minimum Gasteiger partial charge on any atom is -0.306 e. The summed E-state index contributed by atoms with van der Waals surface area (Å²) in [7, 11) is 0. The maximum atomic E-state index is 13.0. The van der Waals surface area contributed by atoms with Crippen molar-refractivity contribution in [2.24, 2.45) is 0 Å². The normalized spacial score (nSPS) is 10.6. The molecule has 0 aliphatic carbocycles. The molecule has 0 bridgehead atoms. The van der Waals surface area contributed by atoms with E-state index in [2.05, 4.69) is 36.4 Å². The molecular weight excluding hydrogens is 275 g/mol. The zero-order chi connectivity index (χ0) is 11.4. The van der Waals surface area contributed by atoms with Gasteiger partial charge in [-0.2, -0.15) is 5.10 Å². The standard InChI is InChI=1S/C10H10BrFN4/c11-9-2-1-8(12)3-7(9)4-13-5-10-14-6-15-16-10/h1-3,6,13H,4-5H2,(H,14,15,16). The van der Waals surface area contributed by atoms with Gasteiger partial charge < -0.3 is 5.32 Å². The van der Waals surface area contributed by atoms with Crippen molar-refractivity contribution in [2.45, 2.75) is 13.1 Å². The van der Waals surface area contributed by atoms with Crippen LogP contribution in [-0.4, -0.2) is 15.2 Å². The number of hydrogen-bond donors (Lipinski definition) is 2. The summed E-state index contributed by atoms with van der Waals surface area (Å²) >= 11 is 3.37. The molecule has 16 heavy (non-hydrogen) atoms. The fourth-order valence-electron chi connectivity index (χ4n) is 1.31. The molecule has 0 radical (unpaired) electrons. The van der Waals surface area contributed by atoms with Crippen molar-refractivity contribution in [3.63, 3.8) is 0 Å². The summed E-state index contributed by atoms with van der Waals surface area (Å²) in [5.74, 6) is 0.521. The van der Waals surface area contributed by atoms with Gasteiger partial charge in [0.25, 0.3) is 0 Å². The molecule has 0 saturated heterocycles. The molecule has 1 aromatic heterocycles. The van der Waals surface area contributed by atoms with Gasteiger partial charge in [0.2, 0.25) is 0 Å². The predicted octanol–water partition coefficient (Wildman–Crippen LogP) is 2.00. The van der Waals surface area contributed by atoms with Crippen LogP contribution in [0.4, 0.5) is 4.39 Å². The van der Waals surface area contributed by atoms with Gasteiger partial charge in [0.15, 0.2) is 0 Å². The minimum absolute atomic E-state index is 0.236. The van der Waals surface area contributed by atoms with E-state index in [0.29, 0.717) is 13.1 Å². The third-order valence-electron chi connectivity index (χ3n) is 2.08. The van der Waals surface area contributed by atoms with E-state index in [1.54, 1.807) is 6.07 Å². The summed E-state index contributed by atoms with van der Waals surface area (Å²) < 4.78 is 13.9. The first-order chi connectivity index (χ1) is 7.75. The van der Waals surface area contributed by atoms with Gasteiger partial charge in [-0.05, 0) is 23.8 Å². The van der Waals surface area contributed by atoms with Crippen LogP contribution >= 0.6 is 15.9 Å². The van der Waals surface area contributed by atoms with E-state index in [4.69, 9.17) is 0 Å². The van der Waals surface area contributed by atoms with Gasteiger partial charge in [-0.15, -0.1) is 0 Å². The Bertz CT molecular complexity index is 458. The monoisotopic (exact) mass is 284 g/mol. The number of halogens is 2. The maximum absolute atomic E-state index is 13.0. The molecular formula is C10H10BrFN4. The van der Waals surface area contributed by atoms with Crippen molar-refractivity contribution in [3.05, 3.63) is 46.2 Å². The highest BCUT2D eigenvalue weighted by Gasteiger charge is 2.02. The fourth-order valence-corrected chi connectivity index (χ4v) is 1.70. The minimum atomic E-state index is -0.236.